The molecular formula is C29H33NO9. The van der Waals surface area contributed by atoms with Crippen LogP contribution >= 0.6 is 0 Å². The average Bonchev–Trinajstić information content (AvgIpc) is 2.89. The number of phenolic OH excluding ortho intramolecular Hbond substituents is 1. The van der Waals surface area contributed by atoms with Gasteiger partial charge in [-0.15, -0.1) is 0 Å². The van der Waals surface area contributed by atoms with E-state index in [4.69, 9.17) is 10.5 Å². The molecule has 0 bridgehead atoms. The van der Waals surface area contributed by atoms with E-state index in [0.29, 0.717) is 17.9 Å². The molecule has 0 radical (unpaired) electrons. The Labute approximate surface area is 225 Å². The van der Waals surface area contributed by atoms with Crippen LogP contribution in [0.5, 0.6) is 5.75 Å². The molecule has 0 aromatic heterocycles. The minimum absolute atomic E-state index is 0.0726. The van der Waals surface area contributed by atoms with Crippen LogP contribution in [0.25, 0.3) is 0 Å². The lowest BCUT2D eigenvalue weighted by molar-refractivity contribution is -0.198. The number of rotatable bonds is 5. The van der Waals surface area contributed by atoms with Gasteiger partial charge in [-0.25, -0.2) is 0 Å². The molecule has 0 heterocycles. The van der Waals surface area contributed by atoms with Gasteiger partial charge in [0, 0.05) is 24.7 Å². The highest BCUT2D eigenvalue weighted by Crippen LogP contribution is 2.54. The number of fused-ring (bicyclic) bond motifs is 3. The number of Topliss-reactive ketones (excluding diaryl/α,β-unsaturated/α-hetero) is 4. The van der Waals surface area contributed by atoms with Gasteiger partial charge in [0.1, 0.15) is 11.9 Å². The van der Waals surface area contributed by atoms with Gasteiger partial charge in [0.15, 0.2) is 34.7 Å². The molecule has 3 fully saturated rings. The number of amides is 1. The third-order valence-corrected chi connectivity index (χ3v) is 9.44. The number of hydrogen-bond acceptors (Lipinski definition) is 9. The molecule has 1 aromatic rings. The first-order valence-corrected chi connectivity index (χ1v) is 13.7. The summed E-state index contributed by atoms with van der Waals surface area (Å²) >= 11 is 0. The van der Waals surface area contributed by atoms with Crippen LogP contribution in [0.15, 0.2) is 18.2 Å². The molecule has 10 heteroatoms. The summed E-state index contributed by atoms with van der Waals surface area (Å²) in [7, 11) is 0. The minimum Gasteiger partial charge on any atom is -0.507 e. The van der Waals surface area contributed by atoms with Gasteiger partial charge < -0.3 is 20.7 Å². The third-order valence-electron chi connectivity index (χ3n) is 9.44. The van der Waals surface area contributed by atoms with Gasteiger partial charge in [-0.2, -0.15) is 0 Å². The zero-order valence-electron chi connectivity index (χ0n) is 21.8. The molecule has 4 N–H and O–H groups in total. The van der Waals surface area contributed by atoms with Crippen LogP contribution in [-0.2, 0) is 28.7 Å². The SMILES string of the molecule is C[C@H]1c2cccc(O)c2C(=O)C2C(=O)[C@]3(O)C(=O)C(C(N)=O)C(=O)C[C@@H]3[C@@H](OC(=O)CCC3CCCCC3)[C@@H]21. The molecule has 5 rings (SSSR count). The van der Waals surface area contributed by atoms with Crippen molar-refractivity contribution in [3.63, 3.8) is 0 Å². The van der Waals surface area contributed by atoms with Crippen molar-refractivity contribution in [1.29, 1.82) is 0 Å². The molecule has 7 atom stereocenters. The van der Waals surface area contributed by atoms with Crippen molar-refractivity contribution < 1.29 is 43.7 Å². The van der Waals surface area contributed by atoms with Crippen LogP contribution in [0, 0.1) is 29.6 Å². The Morgan fingerprint density at radius 2 is 1.77 bits per heavy atom. The van der Waals surface area contributed by atoms with Crippen molar-refractivity contribution in [2.75, 3.05) is 0 Å². The number of primary amides is 1. The number of benzene rings is 1. The predicted octanol–water partition coefficient (Wildman–Crippen LogP) is 1.77. The first-order chi connectivity index (χ1) is 18.5. The van der Waals surface area contributed by atoms with E-state index >= 15 is 0 Å². The molecule has 0 saturated heterocycles. The summed E-state index contributed by atoms with van der Waals surface area (Å²) in [4.78, 5) is 79.0. The first-order valence-electron chi connectivity index (χ1n) is 13.7. The van der Waals surface area contributed by atoms with Gasteiger partial charge >= 0.3 is 5.97 Å². The van der Waals surface area contributed by atoms with E-state index in [-0.39, 0.29) is 17.7 Å². The predicted molar refractivity (Wildman–Crippen MR) is 134 cm³/mol. The molecule has 1 amide bonds. The quantitative estimate of drug-likeness (QED) is 0.371. The summed E-state index contributed by atoms with van der Waals surface area (Å²) in [6.07, 6.45) is 4.12. The Morgan fingerprint density at radius 1 is 1.08 bits per heavy atom. The van der Waals surface area contributed by atoms with Crippen molar-refractivity contribution in [3.05, 3.63) is 29.3 Å². The number of esters is 1. The standard InChI is InChI=1S/C29H33NO9/c1-13-15-8-5-9-17(31)21(15)24(34)23-20(13)25(39-19(33)11-10-14-6-3-2-4-7-14)16-12-18(32)22(28(30)37)26(35)29(16,38)27(23)36/h5,8-9,13-14,16,20,22-23,25,31,38H,2-4,6-7,10-12H2,1H3,(H2,30,37)/t13-,16+,20+,22?,23?,25+,29+/m0/s1. The lowest BCUT2D eigenvalue weighted by atomic mass is 9.50. The zero-order valence-corrected chi connectivity index (χ0v) is 21.8. The maximum atomic E-state index is 13.9. The topological polar surface area (TPSA) is 178 Å². The summed E-state index contributed by atoms with van der Waals surface area (Å²) in [6, 6.07) is 4.47. The average molecular weight is 540 g/mol. The van der Waals surface area contributed by atoms with Crippen LogP contribution in [0.3, 0.4) is 0 Å². The molecule has 10 nitrogen and oxygen atoms in total. The zero-order chi connectivity index (χ0) is 28.2. The number of carbonyl (C=O) groups is 6. The van der Waals surface area contributed by atoms with E-state index in [1.165, 1.54) is 6.07 Å². The lowest BCUT2D eigenvalue weighted by Crippen LogP contribution is -2.73. The Morgan fingerprint density at radius 3 is 2.44 bits per heavy atom. The van der Waals surface area contributed by atoms with Crippen molar-refractivity contribution >= 4 is 35.0 Å². The Hall–Kier alpha value is -3.40. The van der Waals surface area contributed by atoms with E-state index < -0.39 is 82.7 Å². The molecular weight excluding hydrogens is 506 g/mol. The molecule has 0 aliphatic heterocycles. The fraction of sp³-hybridized carbons (Fsp3) is 0.586. The van der Waals surface area contributed by atoms with Gasteiger partial charge in [-0.3, -0.25) is 28.8 Å². The van der Waals surface area contributed by atoms with Gasteiger partial charge in [0.2, 0.25) is 5.91 Å². The van der Waals surface area contributed by atoms with Crippen LogP contribution in [0.4, 0.5) is 0 Å². The fourth-order valence-electron chi connectivity index (χ4n) is 7.45. The number of hydrogen-bond donors (Lipinski definition) is 3. The summed E-state index contributed by atoms with van der Waals surface area (Å²) in [5.74, 6) is -12.9. The van der Waals surface area contributed by atoms with Crippen LogP contribution in [0.2, 0.25) is 0 Å². The number of ketones is 4. The summed E-state index contributed by atoms with van der Waals surface area (Å²) in [6.45, 7) is 1.71. The minimum atomic E-state index is -2.93. The van der Waals surface area contributed by atoms with E-state index in [1.54, 1.807) is 19.1 Å². The highest BCUT2D eigenvalue weighted by atomic mass is 16.5. The van der Waals surface area contributed by atoms with Crippen molar-refractivity contribution in [1.82, 2.24) is 0 Å². The van der Waals surface area contributed by atoms with Gasteiger partial charge in [0.25, 0.3) is 0 Å². The number of aromatic hydroxyl groups is 1. The van der Waals surface area contributed by atoms with E-state index in [0.717, 1.165) is 32.1 Å². The molecule has 4 aliphatic carbocycles. The smallest absolute Gasteiger partial charge is 0.306 e. The van der Waals surface area contributed by atoms with Gasteiger partial charge in [0.05, 0.1) is 11.5 Å². The highest BCUT2D eigenvalue weighted by molar-refractivity contribution is 6.31. The monoisotopic (exact) mass is 539 g/mol. The Bertz CT molecular complexity index is 1270. The molecule has 208 valence electrons. The van der Waals surface area contributed by atoms with Crippen molar-refractivity contribution in [3.8, 4) is 5.75 Å². The Balaban J connectivity index is 1.56. The number of aliphatic hydroxyl groups is 1. The van der Waals surface area contributed by atoms with Crippen LogP contribution in [-0.4, -0.2) is 56.9 Å². The second-order valence-corrected chi connectivity index (χ2v) is 11.6. The van der Waals surface area contributed by atoms with E-state index in [9.17, 15) is 39.0 Å². The summed E-state index contributed by atoms with van der Waals surface area (Å²) in [5, 5.41) is 22.1. The summed E-state index contributed by atoms with van der Waals surface area (Å²) < 4.78 is 5.90. The Kier molecular flexibility index (Phi) is 6.95. The van der Waals surface area contributed by atoms with E-state index in [1.807, 2.05) is 0 Å². The third kappa shape index (κ3) is 4.20. The molecule has 4 aliphatic rings. The largest absolute Gasteiger partial charge is 0.507 e. The fourth-order valence-corrected chi connectivity index (χ4v) is 7.45. The van der Waals surface area contributed by atoms with Gasteiger partial charge in [-0.05, 0) is 29.9 Å². The number of phenols is 1. The molecule has 39 heavy (non-hydrogen) atoms. The number of ether oxygens (including phenoxy) is 1. The van der Waals surface area contributed by atoms with Crippen LogP contribution < -0.4 is 5.73 Å². The maximum Gasteiger partial charge on any atom is 0.306 e. The van der Waals surface area contributed by atoms with E-state index in [2.05, 4.69) is 0 Å². The second kappa shape index (κ2) is 9.97. The molecule has 3 saturated carbocycles. The normalized spacial score (nSPS) is 34.6. The first kappa shape index (κ1) is 27.2. The lowest BCUT2D eigenvalue weighted by Gasteiger charge is -2.53. The van der Waals surface area contributed by atoms with Gasteiger partial charge in [-0.1, -0.05) is 51.2 Å². The highest BCUT2D eigenvalue weighted by Gasteiger charge is 2.71. The summed E-state index contributed by atoms with van der Waals surface area (Å²) in [5.41, 5.74) is 2.68. The van der Waals surface area contributed by atoms with Crippen LogP contribution in [0.1, 0.15) is 80.1 Å². The number of carbonyl (C=O) groups excluding carboxylic acids is 6. The molecule has 1 aromatic carbocycles. The maximum absolute atomic E-state index is 13.9. The molecule has 0 spiro atoms. The van der Waals surface area contributed by atoms with Crippen molar-refractivity contribution in [2.45, 2.75) is 75.9 Å². The molecule has 2 unspecified atom stereocenters. The number of nitrogens with two attached hydrogens (primary N) is 1. The second-order valence-electron chi connectivity index (χ2n) is 11.6. The van der Waals surface area contributed by atoms with Crippen molar-refractivity contribution in [2.24, 2.45) is 35.3 Å².